The molecule has 40 heavy (non-hydrogen) atoms. The van der Waals surface area contributed by atoms with Gasteiger partial charge in [-0.2, -0.15) is 0 Å². The molecule has 1 aliphatic carbocycles. The third-order valence-corrected chi connectivity index (χ3v) is 7.22. The maximum Gasteiger partial charge on any atom is 0.255 e. The molecule has 0 radical (unpaired) electrons. The fourth-order valence-corrected chi connectivity index (χ4v) is 5.05. The second kappa shape index (κ2) is 9.94. The summed E-state index contributed by atoms with van der Waals surface area (Å²) in [6.45, 7) is 0.113. The molecule has 6 rings (SSSR count). The first-order valence-electron chi connectivity index (χ1n) is 12.9. The van der Waals surface area contributed by atoms with Crippen molar-refractivity contribution < 1.29 is 18.8 Å². The molecule has 0 aliphatic heterocycles. The highest BCUT2D eigenvalue weighted by Crippen LogP contribution is 2.39. The van der Waals surface area contributed by atoms with Crippen LogP contribution in [-0.4, -0.2) is 28.7 Å². The van der Waals surface area contributed by atoms with Gasteiger partial charge in [0.15, 0.2) is 0 Å². The number of benzene rings is 4. The monoisotopic (exact) mass is 535 g/mol. The number of nitrogens with two attached hydrogens (primary N) is 2. The normalized spacial score (nSPS) is 12.9. The van der Waals surface area contributed by atoms with Gasteiger partial charge in [0.05, 0.1) is 11.1 Å². The van der Waals surface area contributed by atoms with Crippen molar-refractivity contribution in [2.75, 3.05) is 5.32 Å². The number of carbonyl (C=O) groups excluding carboxylic acids is 3. The molecule has 200 valence electrons. The van der Waals surface area contributed by atoms with Crippen molar-refractivity contribution in [2.24, 2.45) is 11.5 Å². The number of primary amides is 1. The highest BCUT2D eigenvalue weighted by atomic mass is 19.1. The first-order valence-corrected chi connectivity index (χ1v) is 12.9. The van der Waals surface area contributed by atoms with Crippen molar-refractivity contribution in [3.05, 3.63) is 101 Å². The average Bonchev–Trinajstić information content (AvgIpc) is 3.68. The van der Waals surface area contributed by atoms with Crippen molar-refractivity contribution in [1.82, 2.24) is 10.3 Å². The molecule has 0 atom stereocenters. The molecule has 0 unspecified atom stereocenters. The van der Waals surface area contributed by atoms with Gasteiger partial charge in [0.25, 0.3) is 17.7 Å². The highest BCUT2D eigenvalue weighted by molar-refractivity contribution is 6.20. The predicted molar refractivity (Wildman–Crippen MR) is 152 cm³/mol. The molecule has 1 fully saturated rings. The minimum Gasteiger partial charge on any atom is -0.366 e. The van der Waals surface area contributed by atoms with Gasteiger partial charge in [0.2, 0.25) is 0 Å². The van der Waals surface area contributed by atoms with Gasteiger partial charge in [0.1, 0.15) is 5.82 Å². The van der Waals surface area contributed by atoms with E-state index in [4.69, 9.17) is 11.5 Å². The number of H-pyrrole nitrogens is 1. The zero-order valence-electron chi connectivity index (χ0n) is 21.4. The average molecular weight is 536 g/mol. The predicted octanol–water partition coefficient (Wildman–Crippen LogP) is 4.83. The Balaban J connectivity index is 1.48. The number of hydrogen-bond acceptors (Lipinski definition) is 4. The van der Waals surface area contributed by atoms with Gasteiger partial charge >= 0.3 is 0 Å². The number of nitrogens with one attached hydrogen (secondary N) is 3. The third kappa shape index (κ3) is 4.56. The zero-order valence-corrected chi connectivity index (χ0v) is 21.4. The number of aromatic nitrogens is 1. The van der Waals surface area contributed by atoms with E-state index in [1.54, 1.807) is 30.3 Å². The minimum absolute atomic E-state index is 0.113. The molecule has 4 aromatic carbocycles. The Labute approximate surface area is 228 Å². The summed E-state index contributed by atoms with van der Waals surface area (Å²) in [5.74, 6) is -1.56. The SMILES string of the molecule is NCc1c(NC(=O)c2ccc(F)cc2)cccc1-c1ccc(C(N)=O)c2[nH]c3cc(C(=O)NC4CC4)ccc3c12. The second-order valence-corrected chi connectivity index (χ2v) is 9.90. The van der Waals surface area contributed by atoms with Gasteiger partial charge in [-0.05, 0) is 78.1 Å². The second-order valence-electron chi connectivity index (χ2n) is 9.90. The lowest BCUT2D eigenvalue weighted by Gasteiger charge is -2.16. The van der Waals surface area contributed by atoms with Crippen LogP contribution >= 0.6 is 0 Å². The Hall–Kier alpha value is -5.02. The van der Waals surface area contributed by atoms with Gasteiger partial charge in [-0.3, -0.25) is 14.4 Å². The van der Waals surface area contributed by atoms with Crippen LogP contribution in [0, 0.1) is 5.82 Å². The van der Waals surface area contributed by atoms with E-state index < -0.39 is 17.6 Å². The van der Waals surface area contributed by atoms with Crippen molar-refractivity contribution in [1.29, 1.82) is 0 Å². The summed E-state index contributed by atoms with van der Waals surface area (Å²) in [7, 11) is 0. The topological polar surface area (TPSA) is 143 Å². The molecular weight excluding hydrogens is 509 g/mol. The van der Waals surface area contributed by atoms with E-state index in [9.17, 15) is 18.8 Å². The molecule has 5 aromatic rings. The first-order chi connectivity index (χ1) is 19.3. The largest absolute Gasteiger partial charge is 0.366 e. The number of aromatic amines is 1. The lowest BCUT2D eigenvalue weighted by Crippen LogP contribution is -2.25. The van der Waals surface area contributed by atoms with E-state index in [0.29, 0.717) is 39.0 Å². The summed E-state index contributed by atoms with van der Waals surface area (Å²) in [6, 6.07) is 19.8. The number of amides is 3. The first kappa shape index (κ1) is 25.3. The van der Waals surface area contributed by atoms with Crippen molar-refractivity contribution >= 4 is 45.2 Å². The maximum atomic E-state index is 13.3. The Morgan fingerprint density at radius 3 is 2.35 bits per heavy atom. The number of fused-ring (bicyclic) bond motifs is 3. The minimum atomic E-state index is -0.589. The molecule has 1 aliphatic rings. The van der Waals surface area contributed by atoms with E-state index in [2.05, 4.69) is 15.6 Å². The van der Waals surface area contributed by atoms with Crippen LogP contribution in [0.3, 0.4) is 0 Å². The lowest BCUT2D eigenvalue weighted by molar-refractivity contribution is 0.0949. The molecule has 9 heteroatoms. The fraction of sp³-hybridized carbons (Fsp3) is 0.129. The lowest BCUT2D eigenvalue weighted by atomic mass is 9.92. The zero-order chi connectivity index (χ0) is 28.0. The molecular formula is C31H26FN5O3. The molecule has 0 spiro atoms. The van der Waals surface area contributed by atoms with Crippen LogP contribution in [0.5, 0.6) is 0 Å². The molecule has 7 N–H and O–H groups in total. The summed E-state index contributed by atoms with van der Waals surface area (Å²) < 4.78 is 13.3. The van der Waals surface area contributed by atoms with Gasteiger partial charge in [0, 0.05) is 45.7 Å². The van der Waals surface area contributed by atoms with E-state index in [0.717, 1.165) is 34.7 Å². The standard InChI is InChI=1S/C31H26FN5O3/c32-18-7-4-16(5-8-18)30(39)37-25-3-1-2-20(24(25)15-33)21-12-13-23(29(34)38)28-27(21)22-11-6-17(14-26(22)36-28)31(40)35-19-9-10-19/h1-8,11-14,19,36H,9-10,15,33H2,(H2,34,38)(H,35,40)(H,37,39). The number of anilines is 1. The van der Waals surface area contributed by atoms with Gasteiger partial charge in [-0.25, -0.2) is 4.39 Å². The number of halogens is 1. The van der Waals surface area contributed by atoms with Crippen LogP contribution in [0.15, 0.2) is 72.8 Å². The molecule has 0 bridgehead atoms. The molecule has 1 saturated carbocycles. The molecule has 1 aromatic heterocycles. The molecule has 0 saturated heterocycles. The van der Waals surface area contributed by atoms with Gasteiger partial charge in [-0.15, -0.1) is 0 Å². The Morgan fingerprint density at radius 1 is 0.900 bits per heavy atom. The highest BCUT2D eigenvalue weighted by Gasteiger charge is 2.25. The summed E-state index contributed by atoms with van der Waals surface area (Å²) in [5.41, 5.74) is 17.0. The Kier molecular flexibility index (Phi) is 6.28. The van der Waals surface area contributed by atoms with Crippen LogP contribution in [0.1, 0.15) is 49.5 Å². The van der Waals surface area contributed by atoms with Crippen LogP contribution in [-0.2, 0) is 6.54 Å². The number of rotatable bonds is 7. The third-order valence-electron chi connectivity index (χ3n) is 7.22. The summed E-state index contributed by atoms with van der Waals surface area (Å²) in [5, 5.41) is 7.43. The van der Waals surface area contributed by atoms with Gasteiger partial charge < -0.3 is 27.1 Å². The van der Waals surface area contributed by atoms with Crippen LogP contribution < -0.4 is 22.1 Å². The van der Waals surface area contributed by atoms with E-state index >= 15 is 0 Å². The quantitative estimate of drug-likeness (QED) is 0.203. The number of hydrogen-bond donors (Lipinski definition) is 5. The van der Waals surface area contributed by atoms with Crippen LogP contribution in [0.4, 0.5) is 10.1 Å². The van der Waals surface area contributed by atoms with Gasteiger partial charge in [-0.1, -0.05) is 24.3 Å². The molecule has 8 nitrogen and oxygen atoms in total. The van der Waals surface area contributed by atoms with Crippen molar-refractivity contribution in [2.45, 2.75) is 25.4 Å². The van der Waals surface area contributed by atoms with Crippen LogP contribution in [0.2, 0.25) is 0 Å². The summed E-state index contributed by atoms with van der Waals surface area (Å²) >= 11 is 0. The Morgan fingerprint density at radius 2 is 1.65 bits per heavy atom. The number of carbonyl (C=O) groups is 3. The molecule has 1 heterocycles. The molecule has 3 amide bonds. The van der Waals surface area contributed by atoms with E-state index in [1.165, 1.54) is 24.3 Å². The van der Waals surface area contributed by atoms with Crippen LogP contribution in [0.25, 0.3) is 32.9 Å². The van der Waals surface area contributed by atoms with Crippen molar-refractivity contribution in [3.63, 3.8) is 0 Å². The smallest absolute Gasteiger partial charge is 0.255 e. The fourth-order valence-electron chi connectivity index (χ4n) is 5.05. The van der Waals surface area contributed by atoms with E-state index in [1.807, 2.05) is 18.2 Å². The maximum absolute atomic E-state index is 13.3. The Bertz CT molecular complexity index is 1820. The van der Waals surface area contributed by atoms with Crippen molar-refractivity contribution in [3.8, 4) is 11.1 Å². The summed E-state index contributed by atoms with van der Waals surface area (Å²) in [4.78, 5) is 41.2. The van der Waals surface area contributed by atoms with E-state index in [-0.39, 0.29) is 18.5 Å². The summed E-state index contributed by atoms with van der Waals surface area (Å²) in [6.07, 6.45) is 1.97.